The van der Waals surface area contributed by atoms with Gasteiger partial charge in [0, 0.05) is 29.2 Å². The maximum absolute atomic E-state index is 5.45. The number of rotatable bonds is 3. The molecule has 1 aromatic rings. The molecule has 0 saturated heterocycles. The van der Waals surface area contributed by atoms with Crippen LogP contribution in [-0.4, -0.2) is 13.1 Å². The van der Waals surface area contributed by atoms with Crippen LogP contribution < -0.4 is 10.2 Å². The first-order valence-electron chi connectivity index (χ1n) is 4.68. The Morgan fingerprint density at radius 3 is 3.21 bits per heavy atom. The highest BCUT2D eigenvalue weighted by Gasteiger charge is 2.21. The Labute approximate surface area is 97.3 Å². The van der Waals surface area contributed by atoms with Crippen LogP contribution in [0.25, 0.3) is 0 Å². The number of hydrogen-bond donors (Lipinski definition) is 2. The standard InChI is InChI=1S/C10H12BrClN2/c11-8-1-2-9-7(3-4-14-12)6-13-10(9)5-8/h1-2,5,7,13-14H,3-4,6H2. The molecule has 1 heterocycles. The van der Waals surface area contributed by atoms with Crippen molar-refractivity contribution in [3.8, 4) is 0 Å². The van der Waals surface area contributed by atoms with Crippen LogP contribution in [-0.2, 0) is 0 Å². The third-order valence-corrected chi connectivity index (χ3v) is 3.26. The lowest BCUT2D eigenvalue weighted by atomic mass is 9.98. The molecule has 1 aliphatic rings. The zero-order valence-corrected chi connectivity index (χ0v) is 10.0. The second-order valence-electron chi connectivity index (χ2n) is 3.48. The van der Waals surface area contributed by atoms with E-state index in [4.69, 9.17) is 11.8 Å². The highest BCUT2D eigenvalue weighted by molar-refractivity contribution is 9.10. The Balaban J connectivity index is 2.14. The van der Waals surface area contributed by atoms with Gasteiger partial charge in [0.2, 0.25) is 0 Å². The molecule has 0 spiro atoms. The van der Waals surface area contributed by atoms with Crippen LogP contribution >= 0.6 is 27.7 Å². The zero-order chi connectivity index (χ0) is 9.97. The van der Waals surface area contributed by atoms with E-state index >= 15 is 0 Å². The van der Waals surface area contributed by atoms with Crippen molar-refractivity contribution >= 4 is 33.4 Å². The van der Waals surface area contributed by atoms with Crippen molar-refractivity contribution in [2.24, 2.45) is 0 Å². The lowest BCUT2D eigenvalue weighted by molar-refractivity contribution is 0.666. The molecule has 2 rings (SSSR count). The van der Waals surface area contributed by atoms with Crippen LogP contribution in [0.2, 0.25) is 0 Å². The SMILES string of the molecule is ClNCCC1CNc2cc(Br)ccc21. The van der Waals surface area contributed by atoms with Gasteiger partial charge in [-0.1, -0.05) is 22.0 Å². The van der Waals surface area contributed by atoms with E-state index in [9.17, 15) is 0 Å². The van der Waals surface area contributed by atoms with E-state index in [1.54, 1.807) is 0 Å². The number of anilines is 1. The van der Waals surface area contributed by atoms with Crippen LogP contribution in [0, 0.1) is 0 Å². The van der Waals surface area contributed by atoms with Crippen molar-refractivity contribution in [2.75, 3.05) is 18.4 Å². The highest BCUT2D eigenvalue weighted by Crippen LogP contribution is 2.35. The van der Waals surface area contributed by atoms with E-state index in [1.165, 1.54) is 11.3 Å². The topological polar surface area (TPSA) is 24.1 Å². The first-order chi connectivity index (χ1) is 6.81. The minimum Gasteiger partial charge on any atom is -0.384 e. The van der Waals surface area contributed by atoms with Gasteiger partial charge in [0.25, 0.3) is 0 Å². The molecule has 0 amide bonds. The highest BCUT2D eigenvalue weighted by atomic mass is 79.9. The molecule has 2 nitrogen and oxygen atoms in total. The van der Waals surface area contributed by atoms with Crippen LogP contribution in [0.3, 0.4) is 0 Å². The van der Waals surface area contributed by atoms with Gasteiger partial charge in [-0.15, -0.1) is 0 Å². The molecule has 14 heavy (non-hydrogen) atoms. The molecule has 2 N–H and O–H groups in total. The third-order valence-electron chi connectivity index (χ3n) is 2.58. The molecule has 0 saturated carbocycles. The van der Waals surface area contributed by atoms with Gasteiger partial charge in [0.1, 0.15) is 0 Å². The third kappa shape index (κ3) is 2.05. The van der Waals surface area contributed by atoms with Crippen molar-refractivity contribution in [1.29, 1.82) is 0 Å². The fourth-order valence-electron chi connectivity index (χ4n) is 1.87. The number of nitrogens with one attached hydrogen (secondary N) is 2. The molecule has 1 unspecified atom stereocenters. The predicted octanol–water partition coefficient (Wildman–Crippen LogP) is 3.09. The summed E-state index contributed by atoms with van der Waals surface area (Å²) < 4.78 is 1.12. The predicted molar refractivity (Wildman–Crippen MR) is 63.8 cm³/mol. The summed E-state index contributed by atoms with van der Waals surface area (Å²) in [5.41, 5.74) is 2.65. The van der Waals surface area contributed by atoms with Crippen LogP contribution in [0.5, 0.6) is 0 Å². The Morgan fingerprint density at radius 1 is 1.57 bits per heavy atom. The van der Waals surface area contributed by atoms with Gasteiger partial charge < -0.3 is 5.32 Å². The molecular weight excluding hydrogens is 263 g/mol. The molecular formula is C10H12BrClN2. The summed E-state index contributed by atoms with van der Waals surface area (Å²) in [7, 11) is 0. The smallest absolute Gasteiger partial charge is 0.0387 e. The molecule has 1 atom stereocenters. The molecule has 0 fully saturated rings. The second kappa shape index (κ2) is 4.51. The van der Waals surface area contributed by atoms with Gasteiger partial charge in [0.15, 0.2) is 0 Å². The molecule has 0 bridgehead atoms. The number of hydrogen-bond acceptors (Lipinski definition) is 2. The number of fused-ring (bicyclic) bond motifs is 1. The molecule has 0 aromatic heterocycles. The monoisotopic (exact) mass is 274 g/mol. The number of halogens is 2. The summed E-state index contributed by atoms with van der Waals surface area (Å²) in [6, 6.07) is 6.40. The van der Waals surface area contributed by atoms with Gasteiger partial charge in [-0.25, -0.2) is 4.84 Å². The van der Waals surface area contributed by atoms with Crippen molar-refractivity contribution in [2.45, 2.75) is 12.3 Å². The maximum Gasteiger partial charge on any atom is 0.0387 e. The van der Waals surface area contributed by atoms with Crippen molar-refractivity contribution in [1.82, 2.24) is 4.84 Å². The van der Waals surface area contributed by atoms with Gasteiger partial charge in [-0.2, -0.15) is 0 Å². The summed E-state index contributed by atoms with van der Waals surface area (Å²) in [5, 5.41) is 3.40. The Bertz CT molecular complexity index is 330. The van der Waals surface area contributed by atoms with Crippen molar-refractivity contribution in [3.05, 3.63) is 28.2 Å². The summed E-state index contributed by atoms with van der Waals surface area (Å²) in [5.74, 6) is 0.587. The van der Waals surface area contributed by atoms with E-state index in [0.29, 0.717) is 5.92 Å². The van der Waals surface area contributed by atoms with Crippen molar-refractivity contribution in [3.63, 3.8) is 0 Å². The van der Waals surface area contributed by atoms with Gasteiger partial charge in [-0.05, 0) is 35.9 Å². The Hall–Kier alpha value is -0.250. The largest absolute Gasteiger partial charge is 0.384 e. The van der Waals surface area contributed by atoms with E-state index in [2.05, 4.69) is 44.3 Å². The first kappa shape index (κ1) is 10.3. The molecule has 0 aliphatic carbocycles. The van der Waals surface area contributed by atoms with E-state index in [1.807, 2.05) is 0 Å². The van der Waals surface area contributed by atoms with Crippen LogP contribution in [0.15, 0.2) is 22.7 Å². The first-order valence-corrected chi connectivity index (χ1v) is 5.85. The van der Waals surface area contributed by atoms with E-state index in [0.717, 1.165) is 24.0 Å². The normalized spacial score (nSPS) is 19.1. The summed E-state index contributed by atoms with van der Waals surface area (Å²) in [6.45, 7) is 1.87. The van der Waals surface area contributed by atoms with Crippen molar-refractivity contribution < 1.29 is 0 Å². The number of benzene rings is 1. The van der Waals surface area contributed by atoms with E-state index in [-0.39, 0.29) is 0 Å². The Morgan fingerprint density at radius 2 is 2.43 bits per heavy atom. The quantitative estimate of drug-likeness (QED) is 0.829. The lowest BCUT2D eigenvalue weighted by Crippen LogP contribution is -2.09. The summed E-state index contributed by atoms with van der Waals surface area (Å²) in [6.07, 6.45) is 1.07. The van der Waals surface area contributed by atoms with Gasteiger partial charge >= 0.3 is 0 Å². The minimum atomic E-state index is 0.587. The summed E-state index contributed by atoms with van der Waals surface area (Å²) >= 11 is 8.92. The lowest BCUT2D eigenvalue weighted by Gasteiger charge is -2.08. The average Bonchev–Trinajstić information content (AvgIpc) is 2.57. The molecule has 1 aromatic carbocycles. The van der Waals surface area contributed by atoms with E-state index < -0.39 is 0 Å². The molecule has 4 heteroatoms. The molecule has 1 aliphatic heterocycles. The van der Waals surface area contributed by atoms with Gasteiger partial charge in [0.05, 0.1) is 0 Å². The second-order valence-corrected chi connectivity index (χ2v) is 4.66. The average molecular weight is 276 g/mol. The maximum atomic E-state index is 5.45. The fourth-order valence-corrected chi connectivity index (χ4v) is 2.34. The minimum absolute atomic E-state index is 0.587. The Kier molecular flexibility index (Phi) is 3.31. The van der Waals surface area contributed by atoms with Gasteiger partial charge in [-0.3, -0.25) is 0 Å². The zero-order valence-electron chi connectivity index (χ0n) is 7.69. The molecule has 0 radical (unpaired) electrons. The van der Waals surface area contributed by atoms with Crippen LogP contribution in [0.4, 0.5) is 5.69 Å². The summed E-state index contributed by atoms with van der Waals surface area (Å²) in [4.78, 5) is 2.67. The fraction of sp³-hybridized carbons (Fsp3) is 0.400. The molecule has 76 valence electrons. The van der Waals surface area contributed by atoms with Crippen LogP contribution in [0.1, 0.15) is 17.9 Å².